The maximum Gasteiger partial charge on any atom is 0.0972 e. The lowest BCUT2D eigenvalue weighted by atomic mass is 10.1. The van der Waals surface area contributed by atoms with E-state index in [1.165, 1.54) is 21.8 Å². The Balaban J connectivity index is 1.38. The smallest absolute Gasteiger partial charge is 0.0972 e. The van der Waals surface area contributed by atoms with Gasteiger partial charge in [0.05, 0.1) is 27.8 Å². The van der Waals surface area contributed by atoms with Gasteiger partial charge in [-0.1, -0.05) is 72.8 Å². The fourth-order valence-corrected chi connectivity index (χ4v) is 4.87. The lowest BCUT2D eigenvalue weighted by Crippen LogP contribution is -1.94. The van der Waals surface area contributed by atoms with Crippen LogP contribution in [0.1, 0.15) is 0 Å². The van der Waals surface area contributed by atoms with Gasteiger partial charge >= 0.3 is 0 Å². The minimum atomic E-state index is 0.942. The van der Waals surface area contributed by atoms with E-state index in [0.29, 0.717) is 0 Å². The average molecular weight is 422 g/mol. The van der Waals surface area contributed by atoms with Crippen LogP contribution in [0.25, 0.3) is 60.6 Å². The average Bonchev–Trinajstić information content (AvgIpc) is 3.23. The lowest BCUT2D eigenvalue weighted by Gasteiger charge is -2.10. The topological polar surface area (TPSA) is 30.7 Å². The molecule has 4 aromatic carbocycles. The Labute approximate surface area is 190 Å². The van der Waals surface area contributed by atoms with Crippen molar-refractivity contribution in [1.29, 1.82) is 0 Å². The predicted molar refractivity (Wildman–Crippen MR) is 137 cm³/mol. The van der Waals surface area contributed by atoms with Gasteiger partial charge in [-0.25, -0.2) is 4.98 Å². The number of fused-ring (bicyclic) bond motifs is 6. The molecule has 33 heavy (non-hydrogen) atoms. The Kier molecular flexibility index (Phi) is 3.84. The Hall–Kier alpha value is -4.50. The molecule has 0 saturated carbocycles. The van der Waals surface area contributed by atoms with Crippen LogP contribution in [0.2, 0.25) is 0 Å². The molecule has 7 aromatic rings. The molecule has 0 amide bonds. The molecule has 0 saturated heterocycles. The molecule has 0 fully saturated rings. The molecule has 0 radical (unpaired) electrons. The summed E-state index contributed by atoms with van der Waals surface area (Å²) in [5.74, 6) is 0. The number of benzene rings is 4. The van der Waals surface area contributed by atoms with Crippen molar-refractivity contribution in [2.45, 2.75) is 0 Å². The molecule has 0 bridgehead atoms. The van der Waals surface area contributed by atoms with E-state index in [2.05, 4.69) is 113 Å². The lowest BCUT2D eigenvalue weighted by molar-refractivity contribution is 1.18. The van der Waals surface area contributed by atoms with Crippen molar-refractivity contribution >= 4 is 43.6 Å². The number of hydrogen-bond acceptors (Lipinski definition) is 2. The van der Waals surface area contributed by atoms with Crippen molar-refractivity contribution in [1.82, 2.24) is 14.5 Å². The van der Waals surface area contributed by atoms with Gasteiger partial charge in [0.25, 0.3) is 0 Å². The number of aromatic nitrogens is 3. The molecule has 0 aliphatic heterocycles. The zero-order valence-corrected chi connectivity index (χ0v) is 17.8. The summed E-state index contributed by atoms with van der Waals surface area (Å²) in [4.78, 5) is 9.58. The van der Waals surface area contributed by atoms with Crippen LogP contribution in [0.15, 0.2) is 115 Å². The maximum absolute atomic E-state index is 5.00. The summed E-state index contributed by atoms with van der Waals surface area (Å²) in [6.07, 6.45) is 1.83. The molecule has 0 N–H and O–H groups in total. The standard InChI is InChI=1S/C30H19N3/c1-3-9-27-24(7-1)25-8-2-4-10-28(25)33(27)23-16-13-20(14-17-23)26-18-15-22-12-11-21-6-5-19-31-29(21)30(22)32-26/h1-19H. The minimum Gasteiger partial charge on any atom is -0.309 e. The predicted octanol–water partition coefficient (Wildman–Crippen LogP) is 7.55. The zero-order valence-electron chi connectivity index (χ0n) is 17.8. The molecule has 154 valence electrons. The number of pyridine rings is 2. The summed E-state index contributed by atoms with van der Waals surface area (Å²) in [7, 11) is 0. The van der Waals surface area contributed by atoms with E-state index in [1.807, 2.05) is 12.3 Å². The van der Waals surface area contributed by atoms with Crippen molar-refractivity contribution in [2.75, 3.05) is 0 Å². The first-order valence-electron chi connectivity index (χ1n) is 11.1. The first-order valence-corrected chi connectivity index (χ1v) is 11.1. The van der Waals surface area contributed by atoms with Crippen LogP contribution >= 0.6 is 0 Å². The fraction of sp³-hybridized carbons (Fsp3) is 0. The fourth-order valence-electron chi connectivity index (χ4n) is 4.87. The number of rotatable bonds is 2. The highest BCUT2D eigenvalue weighted by Crippen LogP contribution is 2.32. The monoisotopic (exact) mass is 421 g/mol. The second kappa shape index (κ2) is 7.01. The van der Waals surface area contributed by atoms with Gasteiger partial charge in [0.15, 0.2) is 0 Å². The molecular formula is C30H19N3. The zero-order chi connectivity index (χ0) is 21.8. The quantitative estimate of drug-likeness (QED) is 0.270. The third kappa shape index (κ3) is 2.76. The van der Waals surface area contributed by atoms with Gasteiger partial charge in [0, 0.05) is 39.0 Å². The van der Waals surface area contributed by atoms with E-state index in [-0.39, 0.29) is 0 Å². The van der Waals surface area contributed by atoms with Crippen molar-refractivity contribution in [2.24, 2.45) is 0 Å². The van der Waals surface area contributed by atoms with Crippen LogP contribution in [0.5, 0.6) is 0 Å². The third-order valence-corrected chi connectivity index (χ3v) is 6.43. The van der Waals surface area contributed by atoms with Crippen LogP contribution in [0, 0.1) is 0 Å². The van der Waals surface area contributed by atoms with Crippen molar-refractivity contribution in [3.63, 3.8) is 0 Å². The first-order chi connectivity index (χ1) is 16.4. The molecule has 3 heteroatoms. The molecule has 3 aromatic heterocycles. The van der Waals surface area contributed by atoms with Gasteiger partial charge in [-0.3, -0.25) is 4.98 Å². The Morgan fingerprint density at radius 2 is 1.15 bits per heavy atom. The summed E-state index contributed by atoms with van der Waals surface area (Å²) in [6, 6.07) is 38.3. The van der Waals surface area contributed by atoms with E-state index in [4.69, 9.17) is 4.98 Å². The van der Waals surface area contributed by atoms with E-state index >= 15 is 0 Å². The van der Waals surface area contributed by atoms with Gasteiger partial charge in [-0.05, 0) is 36.4 Å². The molecule has 3 heterocycles. The summed E-state index contributed by atoms with van der Waals surface area (Å²) in [5, 5.41) is 4.75. The minimum absolute atomic E-state index is 0.942. The Bertz CT molecular complexity index is 1760. The summed E-state index contributed by atoms with van der Waals surface area (Å²) in [5.41, 5.74) is 7.50. The first kappa shape index (κ1) is 18.1. The Morgan fingerprint density at radius 3 is 1.88 bits per heavy atom. The molecule has 0 spiro atoms. The SMILES string of the molecule is c1cnc2c(c1)ccc1ccc(-c3ccc(-n4c5ccccc5c5ccccc54)cc3)nc12. The van der Waals surface area contributed by atoms with Crippen molar-refractivity contribution in [3.8, 4) is 16.9 Å². The molecule has 0 unspecified atom stereocenters. The van der Waals surface area contributed by atoms with Crippen LogP contribution in [-0.2, 0) is 0 Å². The van der Waals surface area contributed by atoms with E-state index in [0.717, 1.165) is 38.8 Å². The van der Waals surface area contributed by atoms with E-state index in [1.54, 1.807) is 0 Å². The van der Waals surface area contributed by atoms with Gasteiger partial charge in [-0.2, -0.15) is 0 Å². The van der Waals surface area contributed by atoms with Crippen LogP contribution in [0.3, 0.4) is 0 Å². The molecule has 0 atom stereocenters. The van der Waals surface area contributed by atoms with Crippen molar-refractivity contribution in [3.05, 3.63) is 115 Å². The van der Waals surface area contributed by atoms with Gasteiger partial charge < -0.3 is 4.57 Å². The third-order valence-electron chi connectivity index (χ3n) is 6.43. The largest absolute Gasteiger partial charge is 0.309 e. The maximum atomic E-state index is 5.00. The van der Waals surface area contributed by atoms with Gasteiger partial charge in [0.1, 0.15) is 0 Å². The summed E-state index contributed by atoms with van der Waals surface area (Å²) in [6.45, 7) is 0. The molecule has 0 aliphatic rings. The second-order valence-corrected chi connectivity index (χ2v) is 8.33. The number of hydrogen-bond donors (Lipinski definition) is 0. The highest BCUT2D eigenvalue weighted by Gasteiger charge is 2.12. The Morgan fingerprint density at radius 1 is 0.515 bits per heavy atom. The number of nitrogens with zero attached hydrogens (tertiary/aromatic N) is 3. The second-order valence-electron chi connectivity index (χ2n) is 8.33. The summed E-state index contributed by atoms with van der Waals surface area (Å²) < 4.78 is 2.33. The molecule has 7 rings (SSSR count). The van der Waals surface area contributed by atoms with Crippen LogP contribution < -0.4 is 0 Å². The van der Waals surface area contributed by atoms with Crippen LogP contribution in [-0.4, -0.2) is 14.5 Å². The highest BCUT2D eigenvalue weighted by molar-refractivity contribution is 6.09. The van der Waals surface area contributed by atoms with E-state index < -0.39 is 0 Å². The highest BCUT2D eigenvalue weighted by atomic mass is 15.0. The van der Waals surface area contributed by atoms with Crippen LogP contribution in [0.4, 0.5) is 0 Å². The molecular weight excluding hydrogens is 402 g/mol. The molecule has 3 nitrogen and oxygen atoms in total. The van der Waals surface area contributed by atoms with E-state index in [9.17, 15) is 0 Å². The van der Waals surface area contributed by atoms with Crippen molar-refractivity contribution < 1.29 is 0 Å². The number of para-hydroxylation sites is 2. The van der Waals surface area contributed by atoms with Gasteiger partial charge in [0.2, 0.25) is 0 Å². The summed E-state index contributed by atoms with van der Waals surface area (Å²) >= 11 is 0. The molecule has 0 aliphatic carbocycles. The van der Waals surface area contributed by atoms with Gasteiger partial charge in [-0.15, -0.1) is 0 Å². The normalized spacial score (nSPS) is 11.6.